The Balaban J connectivity index is 1.89. The molecule has 0 aliphatic rings. The van der Waals surface area contributed by atoms with Crippen LogP contribution in [0.3, 0.4) is 0 Å². The van der Waals surface area contributed by atoms with Crippen molar-refractivity contribution in [2.45, 2.75) is 12.8 Å². The van der Waals surface area contributed by atoms with Crippen molar-refractivity contribution < 1.29 is 14.0 Å². The average Bonchev–Trinajstić information content (AvgIpc) is 2.61. The molecule has 0 unspecified atom stereocenters. The highest BCUT2D eigenvalue weighted by Crippen LogP contribution is 2.11. The van der Waals surface area contributed by atoms with Crippen molar-refractivity contribution >= 4 is 34.8 Å². The van der Waals surface area contributed by atoms with E-state index in [9.17, 15) is 14.0 Å². The van der Waals surface area contributed by atoms with Gasteiger partial charge in [0.05, 0.1) is 5.56 Å². The van der Waals surface area contributed by atoms with Gasteiger partial charge in [0.15, 0.2) is 5.11 Å². The Morgan fingerprint density at radius 3 is 2.40 bits per heavy atom. The smallest absolute Gasteiger partial charge is 0.260 e. The van der Waals surface area contributed by atoms with Crippen molar-refractivity contribution in [1.29, 1.82) is 0 Å². The Morgan fingerprint density at radius 1 is 1.08 bits per heavy atom. The van der Waals surface area contributed by atoms with Crippen LogP contribution in [0.1, 0.15) is 22.3 Å². The van der Waals surface area contributed by atoms with E-state index in [1.165, 1.54) is 18.2 Å². The Morgan fingerprint density at radius 2 is 1.76 bits per heavy atom. The van der Waals surface area contributed by atoms with E-state index < -0.39 is 11.7 Å². The lowest BCUT2D eigenvalue weighted by Crippen LogP contribution is -2.34. The van der Waals surface area contributed by atoms with Crippen LogP contribution >= 0.6 is 12.2 Å². The van der Waals surface area contributed by atoms with E-state index in [1.807, 2.05) is 12.1 Å². The zero-order valence-corrected chi connectivity index (χ0v) is 14.5. The summed E-state index contributed by atoms with van der Waals surface area (Å²) in [5.41, 5.74) is 1.62. The number of nitrogens with one attached hydrogen (secondary N) is 3. The van der Waals surface area contributed by atoms with E-state index in [0.29, 0.717) is 18.5 Å². The normalized spacial score (nSPS) is 10.0. The van der Waals surface area contributed by atoms with Crippen LogP contribution in [0.15, 0.2) is 48.5 Å². The van der Waals surface area contributed by atoms with E-state index in [2.05, 4.69) is 16.0 Å². The van der Waals surface area contributed by atoms with Gasteiger partial charge in [0.2, 0.25) is 5.91 Å². The molecular weight excluding hydrogens is 341 g/mol. The summed E-state index contributed by atoms with van der Waals surface area (Å²) in [6.45, 7) is 0. The molecule has 0 saturated carbocycles. The van der Waals surface area contributed by atoms with E-state index in [0.717, 1.165) is 5.56 Å². The van der Waals surface area contributed by atoms with Gasteiger partial charge in [-0.15, -0.1) is 0 Å². The highest BCUT2D eigenvalue weighted by Gasteiger charge is 2.12. The van der Waals surface area contributed by atoms with Gasteiger partial charge >= 0.3 is 0 Å². The minimum atomic E-state index is -0.613. The zero-order valence-electron chi connectivity index (χ0n) is 13.6. The van der Waals surface area contributed by atoms with Gasteiger partial charge in [0.1, 0.15) is 5.82 Å². The van der Waals surface area contributed by atoms with Crippen LogP contribution in [0.2, 0.25) is 0 Å². The van der Waals surface area contributed by atoms with Crippen LogP contribution in [0, 0.1) is 5.82 Å². The third kappa shape index (κ3) is 5.65. The molecule has 0 aliphatic heterocycles. The first-order valence-electron chi connectivity index (χ1n) is 7.66. The van der Waals surface area contributed by atoms with Gasteiger partial charge in [-0.2, -0.15) is 0 Å². The number of thiocarbonyl (C=S) groups is 1. The predicted molar refractivity (Wildman–Crippen MR) is 98.9 cm³/mol. The molecule has 0 aromatic heterocycles. The number of rotatable bonds is 5. The number of hydrogen-bond donors (Lipinski definition) is 3. The molecule has 5 nitrogen and oxygen atoms in total. The van der Waals surface area contributed by atoms with Crippen LogP contribution in [0.5, 0.6) is 0 Å². The molecule has 0 fully saturated rings. The van der Waals surface area contributed by atoms with Crippen LogP contribution in [-0.2, 0) is 11.2 Å². The maximum Gasteiger partial charge on any atom is 0.260 e. The van der Waals surface area contributed by atoms with Crippen molar-refractivity contribution in [3.8, 4) is 0 Å². The van der Waals surface area contributed by atoms with Crippen molar-refractivity contribution in [3.05, 3.63) is 65.5 Å². The number of anilines is 1. The summed E-state index contributed by atoms with van der Waals surface area (Å²) < 4.78 is 13.6. The molecule has 25 heavy (non-hydrogen) atoms. The van der Waals surface area contributed by atoms with Crippen molar-refractivity contribution in [2.24, 2.45) is 0 Å². The first kappa shape index (κ1) is 18.5. The molecule has 7 heteroatoms. The Kier molecular flexibility index (Phi) is 6.59. The molecule has 0 bridgehead atoms. The molecular formula is C18H18FN3O2S. The first-order valence-corrected chi connectivity index (χ1v) is 8.07. The third-order valence-electron chi connectivity index (χ3n) is 3.48. The number of carbonyl (C=O) groups excluding carboxylic acids is 2. The topological polar surface area (TPSA) is 70.2 Å². The molecule has 0 spiro atoms. The maximum absolute atomic E-state index is 13.6. The van der Waals surface area contributed by atoms with Gasteiger partial charge in [0.25, 0.3) is 5.91 Å². The van der Waals surface area contributed by atoms with Gasteiger partial charge in [-0.1, -0.05) is 24.3 Å². The molecule has 0 aliphatic carbocycles. The average molecular weight is 359 g/mol. The predicted octanol–water partition coefficient (Wildman–Crippen LogP) is 2.63. The summed E-state index contributed by atoms with van der Waals surface area (Å²) >= 11 is 5.07. The summed E-state index contributed by atoms with van der Waals surface area (Å²) in [4.78, 5) is 23.2. The summed E-state index contributed by atoms with van der Waals surface area (Å²) in [7, 11) is 1.60. The van der Waals surface area contributed by atoms with Gasteiger partial charge in [-0.25, -0.2) is 4.39 Å². The fraction of sp³-hybridized carbons (Fsp3) is 0.167. The largest absolute Gasteiger partial charge is 0.359 e. The highest BCUT2D eigenvalue weighted by atomic mass is 32.1. The number of halogens is 1. The van der Waals surface area contributed by atoms with Gasteiger partial charge in [-0.05, 0) is 48.5 Å². The lowest BCUT2D eigenvalue weighted by molar-refractivity contribution is -0.120. The summed E-state index contributed by atoms with van der Waals surface area (Å²) in [6.07, 6.45) is 1.05. The maximum atomic E-state index is 13.6. The minimum Gasteiger partial charge on any atom is -0.359 e. The Labute approximate surface area is 150 Å². The Bertz CT molecular complexity index is 778. The second-order valence-electron chi connectivity index (χ2n) is 5.26. The SMILES string of the molecule is CNC(=O)CCc1ccc(NC(=S)NC(=O)c2ccccc2F)cc1. The standard InChI is InChI=1S/C18H18FN3O2S/c1-20-16(23)11-8-12-6-9-13(10-7-12)21-18(25)22-17(24)14-4-2-3-5-15(14)19/h2-7,9-10H,8,11H2,1H3,(H,20,23)(H2,21,22,24,25). The number of carbonyl (C=O) groups is 2. The second-order valence-corrected chi connectivity index (χ2v) is 5.67. The first-order chi connectivity index (χ1) is 12.0. The molecule has 2 rings (SSSR count). The van der Waals surface area contributed by atoms with Gasteiger partial charge < -0.3 is 10.6 Å². The van der Waals surface area contributed by atoms with Crippen LogP contribution in [0.4, 0.5) is 10.1 Å². The summed E-state index contributed by atoms with van der Waals surface area (Å²) in [5.74, 6) is -1.24. The number of amides is 2. The molecule has 0 heterocycles. The fourth-order valence-electron chi connectivity index (χ4n) is 2.12. The highest BCUT2D eigenvalue weighted by molar-refractivity contribution is 7.80. The van der Waals surface area contributed by atoms with Crippen LogP contribution in [0.25, 0.3) is 0 Å². The molecule has 0 radical (unpaired) electrons. The number of aryl methyl sites for hydroxylation is 1. The van der Waals surface area contributed by atoms with Crippen LogP contribution in [-0.4, -0.2) is 24.0 Å². The minimum absolute atomic E-state index is 0.0146. The van der Waals surface area contributed by atoms with E-state index in [1.54, 1.807) is 25.2 Å². The van der Waals surface area contributed by atoms with Crippen LogP contribution < -0.4 is 16.0 Å². The van der Waals surface area contributed by atoms with E-state index in [-0.39, 0.29) is 16.6 Å². The zero-order chi connectivity index (χ0) is 18.2. The number of benzene rings is 2. The fourth-order valence-corrected chi connectivity index (χ4v) is 2.33. The quantitative estimate of drug-likeness (QED) is 0.718. The molecule has 3 N–H and O–H groups in total. The van der Waals surface area contributed by atoms with E-state index in [4.69, 9.17) is 12.2 Å². The van der Waals surface area contributed by atoms with Crippen molar-refractivity contribution in [1.82, 2.24) is 10.6 Å². The lowest BCUT2D eigenvalue weighted by Gasteiger charge is -2.10. The molecule has 0 saturated heterocycles. The van der Waals surface area contributed by atoms with Gasteiger partial charge in [0, 0.05) is 19.2 Å². The molecule has 2 amide bonds. The molecule has 0 atom stereocenters. The van der Waals surface area contributed by atoms with Crippen molar-refractivity contribution in [3.63, 3.8) is 0 Å². The molecule has 130 valence electrons. The second kappa shape index (κ2) is 8.89. The molecule has 2 aromatic carbocycles. The number of hydrogen-bond acceptors (Lipinski definition) is 3. The monoisotopic (exact) mass is 359 g/mol. The van der Waals surface area contributed by atoms with Gasteiger partial charge in [-0.3, -0.25) is 14.9 Å². The summed E-state index contributed by atoms with van der Waals surface area (Å²) in [5, 5.41) is 7.95. The lowest BCUT2D eigenvalue weighted by atomic mass is 10.1. The Hall–Kier alpha value is -2.80. The van der Waals surface area contributed by atoms with E-state index >= 15 is 0 Å². The van der Waals surface area contributed by atoms with Crippen molar-refractivity contribution in [2.75, 3.05) is 12.4 Å². The molecule has 2 aromatic rings. The third-order valence-corrected chi connectivity index (χ3v) is 3.68. The summed E-state index contributed by atoms with van der Waals surface area (Å²) in [6, 6.07) is 13.0.